The molecule has 0 saturated heterocycles. The fraction of sp³-hybridized carbons (Fsp3) is 0.636. The van der Waals surface area contributed by atoms with Gasteiger partial charge in [0.1, 0.15) is 0 Å². The number of rotatable bonds is 4. The number of likely N-dealkylation sites (N-methyl/N-ethyl adjacent to an activating group) is 1. The van der Waals surface area contributed by atoms with Crippen molar-refractivity contribution in [2.45, 2.75) is 31.7 Å². The molecule has 0 aromatic carbocycles. The van der Waals surface area contributed by atoms with Crippen LogP contribution in [0.15, 0.2) is 12.1 Å². The lowest BCUT2D eigenvalue weighted by molar-refractivity contribution is 0.236. The molecule has 1 aliphatic carbocycles. The summed E-state index contributed by atoms with van der Waals surface area (Å²) in [7, 11) is 2.07. The predicted molar refractivity (Wildman–Crippen MR) is 63.2 cm³/mol. The zero-order valence-electron chi connectivity index (χ0n) is 8.42. The molecule has 1 nitrogen and oxygen atoms in total. The maximum Gasteiger partial charge on any atom is 0.0931 e. The molecule has 0 aliphatic heterocycles. The van der Waals surface area contributed by atoms with E-state index in [1.54, 1.807) is 11.3 Å². The summed E-state index contributed by atoms with van der Waals surface area (Å²) in [6, 6.07) is 4.80. The highest BCUT2D eigenvalue weighted by atomic mass is 35.5. The molecule has 1 aromatic rings. The molecular formula is C11H16ClNS. The third-order valence-electron chi connectivity index (χ3n) is 3.14. The summed E-state index contributed by atoms with van der Waals surface area (Å²) in [6.45, 7) is 0. The van der Waals surface area contributed by atoms with E-state index < -0.39 is 0 Å². The van der Waals surface area contributed by atoms with Crippen LogP contribution < -0.4 is 5.32 Å². The number of thiophene rings is 1. The summed E-state index contributed by atoms with van der Waals surface area (Å²) in [4.78, 5) is 1.40. The smallest absolute Gasteiger partial charge is 0.0931 e. The van der Waals surface area contributed by atoms with Crippen molar-refractivity contribution >= 4 is 22.9 Å². The Labute approximate surface area is 94.5 Å². The molecule has 1 heterocycles. The summed E-state index contributed by atoms with van der Waals surface area (Å²) in [5.74, 6) is 0.890. The van der Waals surface area contributed by atoms with Crippen LogP contribution in [0.25, 0.3) is 0 Å². The van der Waals surface area contributed by atoms with Gasteiger partial charge in [-0.05, 0) is 44.4 Å². The zero-order valence-corrected chi connectivity index (χ0v) is 10.00. The van der Waals surface area contributed by atoms with Gasteiger partial charge in [0.2, 0.25) is 0 Å². The Kier molecular flexibility index (Phi) is 3.47. The molecule has 1 saturated carbocycles. The lowest BCUT2D eigenvalue weighted by Crippen LogP contribution is -2.38. The standard InChI is InChI=1S/C11H16ClNS/c1-13-10(8-3-2-4-8)7-9-5-6-11(12)14-9/h5-6,8,10,13H,2-4,7H2,1H3. The second-order valence-electron chi connectivity index (χ2n) is 4.00. The van der Waals surface area contributed by atoms with Crippen LogP contribution in [-0.2, 0) is 6.42 Å². The van der Waals surface area contributed by atoms with E-state index >= 15 is 0 Å². The Balaban J connectivity index is 1.93. The lowest BCUT2D eigenvalue weighted by Gasteiger charge is -2.33. The molecule has 1 N–H and O–H groups in total. The molecular weight excluding hydrogens is 214 g/mol. The van der Waals surface area contributed by atoms with Crippen LogP contribution in [0.2, 0.25) is 4.34 Å². The van der Waals surface area contributed by atoms with E-state index in [2.05, 4.69) is 18.4 Å². The number of nitrogens with one attached hydrogen (secondary N) is 1. The quantitative estimate of drug-likeness (QED) is 0.835. The predicted octanol–water partition coefficient (Wildman–Crippen LogP) is 3.33. The summed E-state index contributed by atoms with van der Waals surface area (Å²) in [5.41, 5.74) is 0. The van der Waals surface area contributed by atoms with Gasteiger partial charge in [0, 0.05) is 10.9 Å². The highest BCUT2D eigenvalue weighted by molar-refractivity contribution is 7.16. The monoisotopic (exact) mass is 229 g/mol. The minimum Gasteiger partial charge on any atom is -0.316 e. The van der Waals surface area contributed by atoms with Gasteiger partial charge in [-0.3, -0.25) is 0 Å². The van der Waals surface area contributed by atoms with Crippen LogP contribution in [0.4, 0.5) is 0 Å². The molecule has 0 radical (unpaired) electrons. The Morgan fingerprint density at radius 1 is 1.57 bits per heavy atom. The molecule has 1 aromatic heterocycles. The summed E-state index contributed by atoms with van der Waals surface area (Å²) < 4.78 is 0.906. The van der Waals surface area contributed by atoms with Crippen molar-refractivity contribution in [2.75, 3.05) is 7.05 Å². The SMILES string of the molecule is CNC(Cc1ccc(Cl)s1)C1CCC1. The molecule has 1 fully saturated rings. The Morgan fingerprint density at radius 3 is 2.79 bits per heavy atom. The van der Waals surface area contributed by atoms with Crippen LogP contribution in [-0.4, -0.2) is 13.1 Å². The molecule has 2 rings (SSSR count). The number of hydrogen-bond acceptors (Lipinski definition) is 2. The van der Waals surface area contributed by atoms with E-state index in [-0.39, 0.29) is 0 Å². The molecule has 1 unspecified atom stereocenters. The van der Waals surface area contributed by atoms with Gasteiger partial charge in [0.05, 0.1) is 4.34 Å². The van der Waals surface area contributed by atoms with Crippen molar-refractivity contribution in [1.29, 1.82) is 0 Å². The molecule has 3 heteroatoms. The molecule has 1 atom stereocenters. The van der Waals surface area contributed by atoms with Crippen molar-refractivity contribution in [3.63, 3.8) is 0 Å². The molecule has 0 amide bonds. The van der Waals surface area contributed by atoms with Gasteiger partial charge in [0.25, 0.3) is 0 Å². The van der Waals surface area contributed by atoms with E-state index in [1.807, 2.05) is 6.07 Å². The molecule has 0 spiro atoms. The van der Waals surface area contributed by atoms with Crippen molar-refractivity contribution in [1.82, 2.24) is 5.32 Å². The van der Waals surface area contributed by atoms with Crippen LogP contribution in [0.1, 0.15) is 24.1 Å². The highest BCUT2D eigenvalue weighted by Gasteiger charge is 2.26. The Bertz CT molecular complexity index is 293. The second kappa shape index (κ2) is 4.65. The highest BCUT2D eigenvalue weighted by Crippen LogP contribution is 2.32. The first kappa shape index (κ1) is 10.5. The largest absolute Gasteiger partial charge is 0.316 e. The minimum atomic E-state index is 0.651. The minimum absolute atomic E-state index is 0.651. The lowest BCUT2D eigenvalue weighted by atomic mass is 9.78. The van der Waals surface area contributed by atoms with Gasteiger partial charge in [-0.2, -0.15) is 0 Å². The maximum atomic E-state index is 5.91. The molecule has 14 heavy (non-hydrogen) atoms. The Hall–Kier alpha value is -0.0500. The van der Waals surface area contributed by atoms with Gasteiger partial charge in [-0.25, -0.2) is 0 Å². The van der Waals surface area contributed by atoms with Crippen LogP contribution in [0.5, 0.6) is 0 Å². The van der Waals surface area contributed by atoms with Crippen molar-refractivity contribution in [3.8, 4) is 0 Å². The van der Waals surface area contributed by atoms with E-state index in [0.717, 1.165) is 16.7 Å². The van der Waals surface area contributed by atoms with Gasteiger partial charge in [-0.1, -0.05) is 18.0 Å². The van der Waals surface area contributed by atoms with Gasteiger partial charge in [-0.15, -0.1) is 11.3 Å². The van der Waals surface area contributed by atoms with E-state index in [1.165, 1.54) is 24.1 Å². The second-order valence-corrected chi connectivity index (χ2v) is 5.80. The zero-order chi connectivity index (χ0) is 9.97. The fourth-order valence-electron chi connectivity index (χ4n) is 2.02. The number of hydrogen-bond donors (Lipinski definition) is 1. The summed E-state index contributed by atoms with van der Waals surface area (Å²) in [6.07, 6.45) is 5.34. The van der Waals surface area contributed by atoms with E-state index in [4.69, 9.17) is 11.6 Å². The Morgan fingerprint density at radius 2 is 2.36 bits per heavy atom. The first-order chi connectivity index (χ1) is 6.79. The van der Waals surface area contributed by atoms with Crippen molar-refractivity contribution in [2.24, 2.45) is 5.92 Å². The number of halogens is 1. The van der Waals surface area contributed by atoms with Gasteiger partial charge < -0.3 is 5.32 Å². The van der Waals surface area contributed by atoms with Crippen LogP contribution >= 0.6 is 22.9 Å². The molecule has 78 valence electrons. The van der Waals surface area contributed by atoms with Gasteiger partial charge >= 0.3 is 0 Å². The average Bonchev–Trinajstić information content (AvgIpc) is 2.47. The fourth-order valence-corrected chi connectivity index (χ4v) is 3.17. The third-order valence-corrected chi connectivity index (χ3v) is 4.39. The molecule has 1 aliphatic rings. The van der Waals surface area contributed by atoms with Gasteiger partial charge in [0.15, 0.2) is 0 Å². The topological polar surface area (TPSA) is 12.0 Å². The van der Waals surface area contributed by atoms with E-state index in [9.17, 15) is 0 Å². The summed E-state index contributed by atoms with van der Waals surface area (Å²) >= 11 is 7.62. The molecule has 0 bridgehead atoms. The van der Waals surface area contributed by atoms with Crippen molar-refractivity contribution < 1.29 is 0 Å². The third kappa shape index (κ3) is 2.30. The maximum absolute atomic E-state index is 5.91. The van der Waals surface area contributed by atoms with E-state index in [0.29, 0.717) is 6.04 Å². The first-order valence-electron chi connectivity index (χ1n) is 5.21. The first-order valence-corrected chi connectivity index (χ1v) is 6.40. The van der Waals surface area contributed by atoms with Crippen LogP contribution in [0, 0.1) is 5.92 Å². The van der Waals surface area contributed by atoms with Crippen molar-refractivity contribution in [3.05, 3.63) is 21.3 Å². The average molecular weight is 230 g/mol. The normalized spacial score (nSPS) is 19.3. The van der Waals surface area contributed by atoms with Crippen LogP contribution in [0.3, 0.4) is 0 Å². The summed E-state index contributed by atoms with van der Waals surface area (Å²) in [5, 5.41) is 3.43.